The molecule has 0 aromatic heterocycles. The van der Waals surface area contributed by atoms with Gasteiger partial charge < -0.3 is 5.32 Å². The van der Waals surface area contributed by atoms with E-state index in [1.165, 1.54) is 0 Å². The number of rotatable bonds is 2. The average molecular weight is 350 g/mol. The van der Waals surface area contributed by atoms with E-state index >= 15 is 0 Å². The third-order valence-corrected chi connectivity index (χ3v) is 3.72. The summed E-state index contributed by atoms with van der Waals surface area (Å²) in [6.45, 7) is 1.92. The molecule has 0 aliphatic heterocycles. The molecule has 1 amide bonds. The minimum absolute atomic E-state index is 0.235. The zero-order valence-electron chi connectivity index (χ0n) is 10.6. The van der Waals surface area contributed by atoms with Crippen molar-refractivity contribution in [2.24, 2.45) is 0 Å². The lowest BCUT2D eigenvalue weighted by atomic mass is 10.1. The molecule has 0 unspecified atom stereocenters. The molecule has 0 aliphatic carbocycles. The van der Waals surface area contributed by atoms with Gasteiger partial charge in [-0.3, -0.25) is 4.79 Å². The van der Waals surface area contributed by atoms with E-state index < -0.39 is 0 Å². The largest absolute Gasteiger partial charge is 0.322 e. The molecule has 0 saturated carbocycles. The number of anilines is 1. The van der Waals surface area contributed by atoms with Gasteiger partial charge in [-0.25, -0.2) is 0 Å². The second-order valence-electron chi connectivity index (χ2n) is 4.24. The Hall–Kier alpha value is -1.83. The first kappa shape index (κ1) is 14.6. The number of amides is 1. The molecule has 1 N–H and O–H groups in total. The van der Waals surface area contributed by atoms with Crippen LogP contribution in [0.25, 0.3) is 0 Å². The van der Waals surface area contributed by atoms with E-state index in [1.807, 2.05) is 25.1 Å². The van der Waals surface area contributed by atoms with Gasteiger partial charge in [0.2, 0.25) is 0 Å². The van der Waals surface area contributed by atoms with Gasteiger partial charge in [0, 0.05) is 10.2 Å². The van der Waals surface area contributed by atoms with Crippen LogP contribution in [0.15, 0.2) is 40.9 Å². The summed E-state index contributed by atoms with van der Waals surface area (Å²) in [5.41, 5.74) is 2.47. The predicted molar refractivity (Wildman–Crippen MR) is 83.0 cm³/mol. The van der Waals surface area contributed by atoms with Crippen molar-refractivity contribution < 1.29 is 4.79 Å². The van der Waals surface area contributed by atoms with Crippen LogP contribution >= 0.6 is 27.5 Å². The van der Waals surface area contributed by atoms with Crippen molar-refractivity contribution in [1.82, 2.24) is 0 Å². The van der Waals surface area contributed by atoms with Crippen molar-refractivity contribution in [1.29, 1.82) is 5.26 Å². The molecule has 0 radical (unpaired) electrons. The van der Waals surface area contributed by atoms with E-state index in [0.29, 0.717) is 21.8 Å². The number of carbonyl (C=O) groups excluding carboxylic acids is 1. The minimum atomic E-state index is -0.235. The van der Waals surface area contributed by atoms with Crippen LogP contribution in [0.4, 0.5) is 5.69 Å². The highest BCUT2D eigenvalue weighted by Gasteiger charge is 2.11. The molecule has 3 nitrogen and oxygen atoms in total. The van der Waals surface area contributed by atoms with Crippen molar-refractivity contribution in [2.75, 3.05) is 5.32 Å². The van der Waals surface area contributed by atoms with Crippen molar-refractivity contribution in [3.8, 4) is 6.07 Å². The predicted octanol–water partition coefficient (Wildman–Crippen LogP) is 4.53. The first-order valence-electron chi connectivity index (χ1n) is 5.78. The van der Waals surface area contributed by atoms with E-state index in [9.17, 15) is 4.79 Å². The summed E-state index contributed by atoms with van der Waals surface area (Å²) >= 11 is 9.28. The maximum atomic E-state index is 12.2. The highest BCUT2D eigenvalue weighted by molar-refractivity contribution is 9.10. The number of nitrogens with zero attached hydrogens (tertiary/aromatic N) is 1. The van der Waals surface area contributed by atoms with Crippen LogP contribution in [-0.4, -0.2) is 5.91 Å². The Kier molecular flexibility index (Phi) is 4.43. The van der Waals surface area contributed by atoms with Crippen LogP contribution < -0.4 is 5.32 Å². The van der Waals surface area contributed by atoms with Crippen LogP contribution in [0.3, 0.4) is 0 Å². The molecule has 0 atom stereocenters. The SMILES string of the molecule is Cc1ccc(Br)c(C(=O)Nc2ccc(C#N)c(Cl)c2)c1. The molecule has 0 bridgehead atoms. The normalized spacial score (nSPS) is 9.90. The lowest BCUT2D eigenvalue weighted by Crippen LogP contribution is -2.12. The maximum absolute atomic E-state index is 12.2. The van der Waals surface area contributed by atoms with Gasteiger partial charge in [0.1, 0.15) is 6.07 Å². The lowest BCUT2D eigenvalue weighted by molar-refractivity contribution is 0.102. The van der Waals surface area contributed by atoms with Gasteiger partial charge in [0.05, 0.1) is 16.1 Å². The Balaban J connectivity index is 2.26. The summed E-state index contributed by atoms with van der Waals surface area (Å²) in [6.07, 6.45) is 0. The van der Waals surface area contributed by atoms with Crippen LogP contribution in [0.2, 0.25) is 5.02 Å². The minimum Gasteiger partial charge on any atom is -0.322 e. The molecule has 2 rings (SSSR count). The lowest BCUT2D eigenvalue weighted by Gasteiger charge is -2.08. The van der Waals surface area contributed by atoms with Gasteiger partial charge in [-0.1, -0.05) is 23.2 Å². The number of hydrogen-bond donors (Lipinski definition) is 1. The molecule has 0 saturated heterocycles. The summed E-state index contributed by atoms with van der Waals surface area (Å²) < 4.78 is 0.723. The molecule has 20 heavy (non-hydrogen) atoms. The summed E-state index contributed by atoms with van der Waals surface area (Å²) in [5, 5.41) is 11.9. The van der Waals surface area contributed by atoms with Crippen molar-refractivity contribution in [3.05, 3.63) is 62.6 Å². The van der Waals surface area contributed by atoms with E-state index in [2.05, 4.69) is 21.2 Å². The van der Waals surface area contributed by atoms with Gasteiger partial charge in [-0.15, -0.1) is 0 Å². The van der Waals surface area contributed by atoms with Crippen LogP contribution in [0.1, 0.15) is 21.5 Å². The maximum Gasteiger partial charge on any atom is 0.256 e. The van der Waals surface area contributed by atoms with Crippen LogP contribution in [0, 0.1) is 18.3 Å². The molecular weight excluding hydrogens is 340 g/mol. The van der Waals surface area contributed by atoms with Crippen molar-refractivity contribution in [3.63, 3.8) is 0 Å². The molecule has 0 fully saturated rings. The molecule has 0 aliphatic rings. The Morgan fingerprint density at radius 2 is 2.05 bits per heavy atom. The summed E-state index contributed by atoms with van der Waals surface area (Å²) in [7, 11) is 0. The number of aryl methyl sites for hydroxylation is 1. The van der Waals surface area contributed by atoms with Crippen molar-refractivity contribution in [2.45, 2.75) is 6.92 Å². The number of carbonyl (C=O) groups is 1. The molecule has 0 spiro atoms. The molecular formula is C15H10BrClN2O. The standard InChI is InChI=1S/C15H10BrClN2O/c1-9-2-5-13(16)12(6-9)15(20)19-11-4-3-10(8-18)14(17)7-11/h2-7H,1H3,(H,19,20). The second-order valence-corrected chi connectivity index (χ2v) is 5.51. The zero-order valence-corrected chi connectivity index (χ0v) is 12.9. The van der Waals surface area contributed by atoms with Gasteiger partial charge >= 0.3 is 0 Å². The topological polar surface area (TPSA) is 52.9 Å². The second kappa shape index (κ2) is 6.08. The third-order valence-electron chi connectivity index (χ3n) is 2.71. The molecule has 0 heterocycles. The van der Waals surface area contributed by atoms with Gasteiger partial charge in [0.15, 0.2) is 0 Å². The highest BCUT2D eigenvalue weighted by Crippen LogP contribution is 2.23. The molecule has 100 valence electrons. The first-order chi connectivity index (χ1) is 9.51. The Labute approximate surface area is 130 Å². The number of benzene rings is 2. The van der Waals surface area contributed by atoms with E-state index in [1.54, 1.807) is 24.3 Å². The van der Waals surface area contributed by atoms with Gasteiger partial charge in [-0.05, 0) is 53.2 Å². The average Bonchev–Trinajstić information content (AvgIpc) is 2.41. The molecule has 5 heteroatoms. The zero-order chi connectivity index (χ0) is 14.7. The fraction of sp³-hybridized carbons (Fsp3) is 0.0667. The number of nitriles is 1. The van der Waals surface area contributed by atoms with Gasteiger partial charge in [-0.2, -0.15) is 5.26 Å². The monoisotopic (exact) mass is 348 g/mol. The first-order valence-corrected chi connectivity index (χ1v) is 6.95. The van der Waals surface area contributed by atoms with Crippen molar-refractivity contribution >= 4 is 39.1 Å². The number of nitrogens with one attached hydrogen (secondary N) is 1. The highest BCUT2D eigenvalue weighted by atomic mass is 79.9. The smallest absolute Gasteiger partial charge is 0.256 e. The van der Waals surface area contributed by atoms with Gasteiger partial charge in [0.25, 0.3) is 5.91 Å². The fourth-order valence-corrected chi connectivity index (χ4v) is 2.34. The summed E-state index contributed by atoms with van der Waals surface area (Å²) in [4.78, 5) is 12.2. The summed E-state index contributed by atoms with van der Waals surface area (Å²) in [5.74, 6) is -0.235. The number of halogens is 2. The van der Waals surface area contributed by atoms with Crippen LogP contribution in [0.5, 0.6) is 0 Å². The van der Waals surface area contributed by atoms with E-state index in [0.717, 1.165) is 10.0 Å². The van der Waals surface area contributed by atoms with Crippen LogP contribution in [-0.2, 0) is 0 Å². The van der Waals surface area contributed by atoms with E-state index in [4.69, 9.17) is 16.9 Å². The molecule has 2 aromatic carbocycles. The Morgan fingerprint density at radius 1 is 1.30 bits per heavy atom. The fourth-order valence-electron chi connectivity index (χ4n) is 1.70. The van der Waals surface area contributed by atoms with E-state index in [-0.39, 0.29) is 5.91 Å². The third kappa shape index (κ3) is 3.19. The Bertz CT molecular complexity index is 722. The molecule has 2 aromatic rings. The number of hydrogen-bond acceptors (Lipinski definition) is 2. The Morgan fingerprint density at radius 3 is 2.70 bits per heavy atom. The quantitative estimate of drug-likeness (QED) is 0.865. The summed E-state index contributed by atoms with van der Waals surface area (Å²) in [6, 6.07) is 12.3.